The van der Waals surface area contributed by atoms with Gasteiger partial charge in [0.15, 0.2) is 5.76 Å². The van der Waals surface area contributed by atoms with Gasteiger partial charge in [-0.3, -0.25) is 9.59 Å². The van der Waals surface area contributed by atoms with E-state index in [9.17, 15) is 9.59 Å². The third-order valence-corrected chi connectivity index (χ3v) is 6.03. The molecule has 28 heavy (non-hydrogen) atoms. The van der Waals surface area contributed by atoms with Crippen molar-refractivity contribution < 1.29 is 14.0 Å². The van der Waals surface area contributed by atoms with E-state index < -0.39 is 5.41 Å². The standard InChI is InChI=1S/C22H27N3O3/c1-25(2)20(26)18-10-9-17(28-18)14-23-21(27)22(12-15-6-4-3-5-7-15)13-16-8-11-19(22)24-16/h3-7,9-10,16,19,24H,8,11-14H2,1-2H3,(H,23,27)/t16-,19+,22+/m0/s1. The lowest BCUT2D eigenvalue weighted by molar-refractivity contribution is -0.132. The predicted octanol–water partition coefficient (Wildman–Crippen LogP) is 2.35. The number of hydrogen-bond acceptors (Lipinski definition) is 4. The molecule has 1 aromatic carbocycles. The Morgan fingerprint density at radius 3 is 2.61 bits per heavy atom. The van der Waals surface area contributed by atoms with Gasteiger partial charge in [0, 0.05) is 26.2 Å². The van der Waals surface area contributed by atoms with Gasteiger partial charge in [-0.15, -0.1) is 0 Å². The topological polar surface area (TPSA) is 74.6 Å². The molecule has 2 aliphatic heterocycles. The largest absolute Gasteiger partial charge is 0.454 e. The number of hydrogen-bond donors (Lipinski definition) is 2. The van der Waals surface area contributed by atoms with Crippen LogP contribution in [0, 0.1) is 5.41 Å². The smallest absolute Gasteiger partial charge is 0.289 e. The van der Waals surface area contributed by atoms with Gasteiger partial charge in [0.1, 0.15) is 5.76 Å². The van der Waals surface area contributed by atoms with E-state index >= 15 is 0 Å². The maximum Gasteiger partial charge on any atom is 0.289 e. The first-order valence-electron chi connectivity index (χ1n) is 9.86. The van der Waals surface area contributed by atoms with E-state index in [0.29, 0.717) is 11.8 Å². The Morgan fingerprint density at radius 2 is 1.96 bits per heavy atom. The van der Waals surface area contributed by atoms with Crippen molar-refractivity contribution in [2.75, 3.05) is 14.1 Å². The minimum atomic E-state index is -0.431. The van der Waals surface area contributed by atoms with Crippen molar-refractivity contribution in [3.8, 4) is 0 Å². The number of nitrogens with zero attached hydrogens (tertiary/aromatic N) is 1. The number of fused-ring (bicyclic) bond motifs is 2. The molecule has 2 fully saturated rings. The van der Waals surface area contributed by atoms with Crippen LogP contribution in [0.3, 0.4) is 0 Å². The van der Waals surface area contributed by atoms with Gasteiger partial charge in [0.2, 0.25) is 5.91 Å². The molecule has 0 saturated carbocycles. The van der Waals surface area contributed by atoms with Crippen molar-refractivity contribution in [3.63, 3.8) is 0 Å². The van der Waals surface area contributed by atoms with Gasteiger partial charge in [-0.1, -0.05) is 30.3 Å². The number of carbonyl (C=O) groups excluding carboxylic acids is 2. The Hall–Kier alpha value is -2.60. The lowest BCUT2D eigenvalue weighted by atomic mass is 9.69. The Bertz CT molecular complexity index is 861. The fourth-order valence-electron chi connectivity index (χ4n) is 4.64. The number of carbonyl (C=O) groups is 2. The van der Waals surface area contributed by atoms with Crippen LogP contribution < -0.4 is 10.6 Å². The molecule has 3 atom stereocenters. The number of rotatable bonds is 6. The molecule has 2 aromatic rings. The first-order valence-corrected chi connectivity index (χ1v) is 9.86. The Kier molecular flexibility index (Phi) is 4.98. The van der Waals surface area contributed by atoms with Crippen molar-refractivity contribution in [1.82, 2.24) is 15.5 Å². The van der Waals surface area contributed by atoms with E-state index in [1.807, 2.05) is 18.2 Å². The maximum absolute atomic E-state index is 13.3. The zero-order valence-corrected chi connectivity index (χ0v) is 16.4. The van der Waals surface area contributed by atoms with E-state index in [-0.39, 0.29) is 30.2 Å². The minimum Gasteiger partial charge on any atom is -0.454 e. The molecule has 6 heteroatoms. The van der Waals surface area contributed by atoms with Crippen LogP contribution in [-0.4, -0.2) is 42.9 Å². The molecule has 2 bridgehead atoms. The molecule has 0 radical (unpaired) electrons. The SMILES string of the molecule is CN(C)C(=O)c1ccc(CNC(=O)[C@]2(Cc3ccccc3)C[C@@H]3CC[C@H]2N3)o1. The molecule has 0 aliphatic carbocycles. The average molecular weight is 381 g/mol. The Morgan fingerprint density at radius 1 is 1.18 bits per heavy atom. The van der Waals surface area contributed by atoms with Crippen LogP contribution in [0.1, 0.15) is 41.1 Å². The van der Waals surface area contributed by atoms with E-state index in [2.05, 4.69) is 22.8 Å². The number of nitrogens with one attached hydrogen (secondary N) is 2. The number of furan rings is 1. The zero-order valence-electron chi connectivity index (χ0n) is 16.4. The zero-order chi connectivity index (χ0) is 19.7. The lowest BCUT2D eigenvalue weighted by Crippen LogP contribution is -2.49. The van der Waals surface area contributed by atoms with Crippen LogP contribution in [0.4, 0.5) is 0 Å². The van der Waals surface area contributed by atoms with E-state index in [1.54, 1.807) is 26.2 Å². The summed E-state index contributed by atoms with van der Waals surface area (Å²) in [5, 5.41) is 6.69. The van der Waals surface area contributed by atoms with Crippen LogP contribution in [-0.2, 0) is 17.8 Å². The summed E-state index contributed by atoms with van der Waals surface area (Å²) in [6, 6.07) is 14.3. The summed E-state index contributed by atoms with van der Waals surface area (Å²) in [6.07, 6.45) is 3.77. The maximum atomic E-state index is 13.3. The molecule has 2 saturated heterocycles. The molecular weight excluding hydrogens is 354 g/mol. The molecule has 2 amide bonds. The molecule has 0 spiro atoms. The summed E-state index contributed by atoms with van der Waals surface area (Å²) in [7, 11) is 3.36. The van der Waals surface area contributed by atoms with Gasteiger partial charge in [-0.05, 0) is 43.4 Å². The molecule has 1 aromatic heterocycles. The molecule has 148 valence electrons. The molecule has 3 heterocycles. The third kappa shape index (κ3) is 3.44. The number of benzene rings is 1. The fourth-order valence-corrected chi connectivity index (χ4v) is 4.64. The summed E-state index contributed by atoms with van der Waals surface area (Å²) in [5.41, 5.74) is 0.753. The second kappa shape index (κ2) is 7.43. The Labute approximate surface area is 165 Å². The summed E-state index contributed by atoms with van der Waals surface area (Å²) >= 11 is 0. The Balaban J connectivity index is 1.47. The predicted molar refractivity (Wildman–Crippen MR) is 106 cm³/mol. The molecule has 2 N–H and O–H groups in total. The lowest BCUT2D eigenvalue weighted by Gasteiger charge is -2.35. The second-order valence-corrected chi connectivity index (χ2v) is 8.16. The van der Waals surface area contributed by atoms with E-state index in [4.69, 9.17) is 4.42 Å². The molecule has 2 aliphatic rings. The van der Waals surface area contributed by atoms with Gasteiger partial charge in [0.25, 0.3) is 5.91 Å². The summed E-state index contributed by atoms with van der Waals surface area (Å²) in [5.74, 6) is 0.753. The summed E-state index contributed by atoms with van der Waals surface area (Å²) < 4.78 is 5.61. The van der Waals surface area contributed by atoms with Crippen LogP contribution in [0.2, 0.25) is 0 Å². The molecule has 0 unspecified atom stereocenters. The highest BCUT2D eigenvalue weighted by Gasteiger charge is 2.55. The minimum absolute atomic E-state index is 0.0629. The highest BCUT2D eigenvalue weighted by Crippen LogP contribution is 2.46. The van der Waals surface area contributed by atoms with Gasteiger partial charge < -0.3 is 20.0 Å². The van der Waals surface area contributed by atoms with Crippen molar-refractivity contribution in [2.45, 2.75) is 44.3 Å². The van der Waals surface area contributed by atoms with Gasteiger partial charge in [-0.25, -0.2) is 0 Å². The van der Waals surface area contributed by atoms with Crippen molar-refractivity contribution in [2.24, 2.45) is 5.41 Å². The third-order valence-electron chi connectivity index (χ3n) is 6.03. The van der Waals surface area contributed by atoms with E-state index in [1.165, 1.54) is 10.5 Å². The van der Waals surface area contributed by atoms with Crippen molar-refractivity contribution in [3.05, 3.63) is 59.5 Å². The monoisotopic (exact) mass is 381 g/mol. The van der Waals surface area contributed by atoms with Gasteiger partial charge in [-0.2, -0.15) is 0 Å². The highest BCUT2D eigenvalue weighted by atomic mass is 16.4. The van der Waals surface area contributed by atoms with Crippen LogP contribution in [0.15, 0.2) is 46.9 Å². The summed E-state index contributed by atoms with van der Waals surface area (Å²) in [6.45, 7) is 0.285. The molecular formula is C22H27N3O3. The van der Waals surface area contributed by atoms with Gasteiger partial charge in [0.05, 0.1) is 12.0 Å². The van der Waals surface area contributed by atoms with Gasteiger partial charge >= 0.3 is 0 Å². The van der Waals surface area contributed by atoms with Crippen molar-refractivity contribution >= 4 is 11.8 Å². The first-order chi connectivity index (χ1) is 13.5. The van der Waals surface area contributed by atoms with Crippen LogP contribution >= 0.6 is 0 Å². The normalized spacial score (nSPS) is 25.6. The number of amides is 2. The van der Waals surface area contributed by atoms with E-state index in [0.717, 1.165) is 25.7 Å². The highest BCUT2D eigenvalue weighted by molar-refractivity contribution is 5.91. The quantitative estimate of drug-likeness (QED) is 0.806. The summed E-state index contributed by atoms with van der Waals surface area (Å²) in [4.78, 5) is 26.8. The van der Waals surface area contributed by atoms with Crippen molar-refractivity contribution in [1.29, 1.82) is 0 Å². The average Bonchev–Trinajstić information content (AvgIpc) is 3.42. The fraction of sp³-hybridized carbons (Fsp3) is 0.455. The van der Waals surface area contributed by atoms with Crippen LogP contribution in [0.5, 0.6) is 0 Å². The molecule has 6 nitrogen and oxygen atoms in total. The van der Waals surface area contributed by atoms with Crippen LogP contribution in [0.25, 0.3) is 0 Å². The second-order valence-electron chi connectivity index (χ2n) is 8.16. The first kappa shape index (κ1) is 18.7. The molecule has 4 rings (SSSR count).